The molecule has 2 rings (SSSR count). The molecule has 0 unspecified atom stereocenters. The van der Waals surface area contributed by atoms with Gasteiger partial charge in [0.05, 0.1) is 18.4 Å². The van der Waals surface area contributed by atoms with Crippen LogP contribution in [0.4, 0.5) is 0 Å². The highest BCUT2D eigenvalue weighted by atomic mass is 16.5. The zero-order valence-electron chi connectivity index (χ0n) is 9.84. The van der Waals surface area contributed by atoms with Crippen molar-refractivity contribution in [2.45, 2.75) is 6.92 Å². The Morgan fingerprint density at radius 2 is 2.00 bits per heavy atom. The Morgan fingerprint density at radius 3 is 2.67 bits per heavy atom. The standard InChI is InChI=1S/C13H12N2O3/c1-2-18-13(17)11-10(8-14-15-11)12(16)9-6-4-3-5-7-9/h3-8H,2H2,1H3,(H,14,15). The van der Waals surface area contributed by atoms with Gasteiger partial charge in [-0.15, -0.1) is 0 Å². The lowest BCUT2D eigenvalue weighted by molar-refractivity contribution is 0.0516. The number of aromatic nitrogens is 2. The smallest absolute Gasteiger partial charge is 0.357 e. The van der Waals surface area contributed by atoms with E-state index in [4.69, 9.17) is 4.74 Å². The molecule has 0 radical (unpaired) electrons. The number of nitrogens with zero attached hydrogens (tertiary/aromatic N) is 1. The average Bonchev–Trinajstić information content (AvgIpc) is 2.88. The summed E-state index contributed by atoms with van der Waals surface area (Å²) in [5, 5.41) is 6.22. The molecular formula is C13H12N2O3. The van der Waals surface area contributed by atoms with E-state index >= 15 is 0 Å². The molecule has 2 aromatic rings. The van der Waals surface area contributed by atoms with Gasteiger partial charge < -0.3 is 4.74 Å². The number of benzene rings is 1. The zero-order valence-corrected chi connectivity index (χ0v) is 9.84. The van der Waals surface area contributed by atoms with E-state index in [1.165, 1.54) is 6.20 Å². The second-order valence-corrected chi connectivity index (χ2v) is 3.57. The molecule has 18 heavy (non-hydrogen) atoms. The van der Waals surface area contributed by atoms with Crippen LogP contribution in [-0.4, -0.2) is 28.6 Å². The van der Waals surface area contributed by atoms with Crippen LogP contribution in [0.2, 0.25) is 0 Å². The van der Waals surface area contributed by atoms with Gasteiger partial charge in [0.2, 0.25) is 0 Å². The number of hydrogen-bond donors (Lipinski definition) is 1. The zero-order chi connectivity index (χ0) is 13.0. The monoisotopic (exact) mass is 244 g/mol. The number of ether oxygens (including phenoxy) is 1. The summed E-state index contributed by atoms with van der Waals surface area (Å²) in [4.78, 5) is 23.8. The van der Waals surface area contributed by atoms with Gasteiger partial charge in [-0.3, -0.25) is 9.89 Å². The number of H-pyrrole nitrogens is 1. The Morgan fingerprint density at radius 1 is 1.28 bits per heavy atom. The Hall–Kier alpha value is -2.43. The van der Waals surface area contributed by atoms with Crippen LogP contribution < -0.4 is 0 Å². The molecule has 0 amide bonds. The normalized spacial score (nSPS) is 10.1. The van der Waals surface area contributed by atoms with Crippen LogP contribution >= 0.6 is 0 Å². The van der Waals surface area contributed by atoms with Gasteiger partial charge in [-0.25, -0.2) is 4.79 Å². The van der Waals surface area contributed by atoms with E-state index in [2.05, 4.69) is 10.2 Å². The molecular weight excluding hydrogens is 232 g/mol. The third-order valence-corrected chi connectivity index (χ3v) is 2.40. The maximum atomic E-state index is 12.2. The summed E-state index contributed by atoms with van der Waals surface area (Å²) in [6.07, 6.45) is 1.33. The largest absolute Gasteiger partial charge is 0.461 e. The van der Waals surface area contributed by atoms with Crippen LogP contribution in [0.1, 0.15) is 33.3 Å². The van der Waals surface area contributed by atoms with Crippen LogP contribution in [0.15, 0.2) is 36.5 Å². The molecule has 0 aliphatic rings. The number of nitrogens with one attached hydrogen (secondary N) is 1. The minimum absolute atomic E-state index is 0.0886. The van der Waals surface area contributed by atoms with Gasteiger partial charge in [0.15, 0.2) is 11.5 Å². The summed E-state index contributed by atoms with van der Waals surface area (Å²) in [7, 11) is 0. The van der Waals surface area contributed by atoms with Crippen LogP contribution in [0.5, 0.6) is 0 Å². The third kappa shape index (κ3) is 2.29. The first kappa shape index (κ1) is 12.0. The predicted molar refractivity (Wildman–Crippen MR) is 64.4 cm³/mol. The first-order chi connectivity index (χ1) is 8.74. The number of rotatable bonds is 4. The summed E-state index contributed by atoms with van der Waals surface area (Å²) in [6.45, 7) is 1.95. The van der Waals surface area contributed by atoms with Gasteiger partial charge in [-0.1, -0.05) is 30.3 Å². The van der Waals surface area contributed by atoms with E-state index in [1.807, 2.05) is 6.07 Å². The number of aromatic amines is 1. The minimum atomic E-state index is -0.575. The quantitative estimate of drug-likeness (QED) is 0.657. The molecule has 1 aromatic heterocycles. The Kier molecular flexibility index (Phi) is 3.52. The van der Waals surface area contributed by atoms with E-state index in [0.717, 1.165) is 0 Å². The molecule has 1 heterocycles. The first-order valence-electron chi connectivity index (χ1n) is 5.54. The van der Waals surface area contributed by atoms with Gasteiger partial charge in [0, 0.05) is 5.56 Å². The lowest BCUT2D eigenvalue weighted by Crippen LogP contribution is -2.11. The van der Waals surface area contributed by atoms with Gasteiger partial charge in [-0.05, 0) is 6.92 Å². The predicted octanol–water partition coefficient (Wildman–Crippen LogP) is 1.82. The van der Waals surface area contributed by atoms with Crippen molar-refractivity contribution in [3.63, 3.8) is 0 Å². The molecule has 1 aromatic carbocycles. The second kappa shape index (κ2) is 5.27. The van der Waals surface area contributed by atoms with Crippen LogP contribution in [-0.2, 0) is 4.74 Å². The molecule has 1 N–H and O–H groups in total. The molecule has 0 fully saturated rings. The number of carbonyl (C=O) groups excluding carboxylic acids is 2. The minimum Gasteiger partial charge on any atom is -0.461 e. The molecule has 0 aliphatic carbocycles. The average molecular weight is 244 g/mol. The summed E-state index contributed by atoms with van der Waals surface area (Å²) in [5.74, 6) is -0.832. The van der Waals surface area contributed by atoms with E-state index in [-0.39, 0.29) is 23.6 Å². The second-order valence-electron chi connectivity index (χ2n) is 3.57. The molecule has 0 saturated heterocycles. The van der Waals surface area contributed by atoms with Gasteiger partial charge in [0.25, 0.3) is 0 Å². The maximum Gasteiger partial charge on any atom is 0.357 e. The number of ketones is 1. The fourth-order valence-electron chi connectivity index (χ4n) is 1.56. The molecule has 0 atom stereocenters. The number of hydrogen-bond acceptors (Lipinski definition) is 4. The van der Waals surface area contributed by atoms with Crippen molar-refractivity contribution in [2.75, 3.05) is 6.61 Å². The van der Waals surface area contributed by atoms with Crippen molar-refractivity contribution in [3.05, 3.63) is 53.3 Å². The van der Waals surface area contributed by atoms with Gasteiger partial charge in [0.1, 0.15) is 0 Å². The molecule has 0 spiro atoms. The van der Waals surface area contributed by atoms with Crippen molar-refractivity contribution >= 4 is 11.8 Å². The van der Waals surface area contributed by atoms with E-state index in [1.54, 1.807) is 31.2 Å². The van der Waals surface area contributed by atoms with Crippen LogP contribution in [0.3, 0.4) is 0 Å². The Balaban J connectivity index is 2.32. The van der Waals surface area contributed by atoms with E-state index < -0.39 is 5.97 Å². The van der Waals surface area contributed by atoms with Crippen LogP contribution in [0.25, 0.3) is 0 Å². The fourth-order valence-corrected chi connectivity index (χ4v) is 1.56. The Labute approximate surface area is 104 Å². The maximum absolute atomic E-state index is 12.2. The van der Waals surface area contributed by atoms with Crippen LogP contribution in [0, 0.1) is 0 Å². The third-order valence-electron chi connectivity index (χ3n) is 2.40. The molecule has 92 valence electrons. The molecule has 0 bridgehead atoms. The highest BCUT2D eigenvalue weighted by molar-refractivity contribution is 6.13. The summed E-state index contributed by atoms with van der Waals surface area (Å²) >= 11 is 0. The van der Waals surface area contributed by atoms with Crippen molar-refractivity contribution in [3.8, 4) is 0 Å². The van der Waals surface area contributed by atoms with Crippen molar-refractivity contribution < 1.29 is 14.3 Å². The van der Waals surface area contributed by atoms with Crippen molar-refractivity contribution in [2.24, 2.45) is 0 Å². The molecule has 5 nitrogen and oxygen atoms in total. The van der Waals surface area contributed by atoms with E-state index in [0.29, 0.717) is 5.56 Å². The number of carbonyl (C=O) groups is 2. The summed E-state index contributed by atoms with van der Waals surface area (Å²) in [6, 6.07) is 8.71. The number of esters is 1. The molecule has 5 heteroatoms. The highest BCUT2D eigenvalue weighted by Crippen LogP contribution is 2.13. The van der Waals surface area contributed by atoms with Gasteiger partial charge >= 0.3 is 5.97 Å². The first-order valence-corrected chi connectivity index (χ1v) is 5.54. The summed E-state index contributed by atoms with van der Waals surface area (Å²) < 4.78 is 4.85. The fraction of sp³-hybridized carbons (Fsp3) is 0.154. The lowest BCUT2D eigenvalue weighted by atomic mass is 10.0. The molecule has 0 aliphatic heterocycles. The SMILES string of the molecule is CCOC(=O)c1[nH]ncc1C(=O)c1ccccc1. The summed E-state index contributed by atoms with van der Waals surface area (Å²) in [5.41, 5.74) is 0.815. The lowest BCUT2D eigenvalue weighted by Gasteiger charge is -2.02. The van der Waals surface area contributed by atoms with Gasteiger partial charge in [-0.2, -0.15) is 5.10 Å². The molecule has 0 saturated carbocycles. The van der Waals surface area contributed by atoms with Crippen molar-refractivity contribution in [1.82, 2.24) is 10.2 Å². The topological polar surface area (TPSA) is 72.1 Å². The highest BCUT2D eigenvalue weighted by Gasteiger charge is 2.21. The Bertz CT molecular complexity index is 561. The van der Waals surface area contributed by atoms with Crippen molar-refractivity contribution in [1.29, 1.82) is 0 Å². The van der Waals surface area contributed by atoms with E-state index in [9.17, 15) is 9.59 Å².